The van der Waals surface area contributed by atoms with Crippen molar-refractivity contribution in [3.05, 3.63) is 21.5 Å². The largest absolute Gasteiger partial charge is 0.147 e. The maximum absolute atomic E-state index is 13.8. The van der Waals surface area contributed by atoms with Crippen molar-refractivity contribution < 1.29 is 23.0 Å². The fraction of sp³-hybridized carbons (Fsp3) is 0.600. The van der Waals surface area contributed by atoms with Crippen LogP contribution in [0.5, 0.6) is 0 Å². The number of aliphatic hydroxyl groups excluding tert-OH is 1. The van der Waals surface area contributed by atoms with E-state index in [-0.39, 0.29) is 31.4 Å². The molecule has 0 amide bonds. The summed E-state index contributed by atoms with van der Waals surface area (Å²) in [5, 5.41) is 9.27. The van der Waals surface area contributed by atoms with Crippen molar-refractivity contribution in [3.63, 3.8) is 0 Å². The second-order valence-electron chi connectivity index (χ2n) is 6.07. The summed E-state index contributed by atoms with van der Waals surface area (Å²) >= 11 is -4.45. The number of rotatable bonds is 4. The predicted molar refractivity (Wildman–Crippen MR) is 82.2 cm³/mol. The van der Waals surface area contributed by atoms with Gasteiger partial charge < -0.3 is 0 Å². The molecule has 17 heavy (non-hydrogen) atoms. The van der Waals surface area contributed by atoms with Crippen molar-refractivity contribution in [2.45, 2.75) is 28.3 Å². The monoisotopic (exact) mass is 392 g/mol. The molecule has 0 radical (unpaired) electrons. The molecule has 0 aromatic carbocycles. The van der Waals surface area contributed by atoms with Gasteiger partial charge in [-0.15, -0.1) is 24.8 Å². The molecular weight excluding hydrogens is 370 g/mol. The Kier molecular flexibility index (Phi) is 6.78. The molecule has 0 aromatic heterocycles. The minimum atomic E-state index is -4.45. The summed E-state index contributed by atoms with van der Waals surface area (Å²) in [4.78, 5) is 0. The van der Waals surface area contributed by atoms with Crippen LogP contribution in [0.3, 0.4) is 0 Å². The summed E-state index contributed by atoms with van der Waals surface area (Å²) in [5.74, 6) is -1.31. The Morgan fingerprint density at radius 1 is 1.47 bits per heavy atom. The van der Waals surface area contributed by atoms with Gasteiger partial charge in [0.2, 0.25) is 0 Å². The van der Waals surface area contributed by atoms with Crippen LogP contribution < -0.4 is 0 Å². The quantitative estimate of drug-likeness (QED) is 0.743. The molecule has 0 aliphatic heterocycles. The van der Waals surface area contributed by atoms with E-state index >= 15 is 0 Å². The van der Waals surface area contributed by atoms with Gasteiger partial charge in [0.1, 0.15) is 0 Å². The van der Waals surface area contributed by atoms with Crippen LogP contribution in [0.15, 0.2) is 21.5 Å². The van der Waals surface area contributed by atoms with Crippen LogP contribution in [0.1, 0.15) is 6.42 Å². The molecule has 0 unspecified atom stereocenters. The van der Waals surface area contributed by atoms with E-state index in [0.29, 0.717) is 4.13 Å². The Morgan fingerprint density at radius 2 is 2.00 bits per heavy atom. The van der Waals surface area contributed by atoms with Gasteiger partial charge in [0.25, 0.3) is 0 Å². The molecule has 7 heteroatoms. The van der Waals surface area contributed by atoms with E-state index in [4.69, 9.17) is 0 Å². The topological polar surface area (TPSA) is 37.3 Å². The average molecular weight is 395 g/mol. The summed E-state index contributed by atoms with van der Waals surface area (Å²) in [6.07, 6.45) is 6.96. The van der Waals surface area contributed by atoms with Crippen molar-refractivity contribution in [1.82, 2.24) is 0 Å². The maximum atomic E-state index is 13.8. The summed E-state index contributed by atoms with van der Waals surface area (Å²) in [7, 11) is 0. The first-order chi connectivity index (χ1) is 6.66. The predicted octanol–water partition coefficient (Wildman–Crippen LogP) is 2.23. The molecule has 0 aromatic rings. The van der Waals surface area contributed by atoms with Crippen LogP contribution in [0.2, 0.25) is 21.9 Å². The van der Waals surface area contributed by atoms with Crippen molar-refractivity contribution >= 4 is 37.6 Å². The van der Waals surface area contributed by atoms with Gasteiger partial charge in [-0.05, 0) is 0 Å². The fourth-order valence-corrected chi connectivity index (χ4v) is 24.0. The minimum Gasteiger partial charge on any atom is -0.147 e. The molecule has 1 N–H and O–H groups in total. The van der Waals surface area contributed by atoms with Gasteiger partial charge in [0.15, 0.2) is 0 Å². The Hall–Kier alpha value is 1.14. The van der Waals surface area contributed by atoms with Gasteiger partial charge in [-0.2, -0.15) is 0 Å². The summed E-state index contributed by atoms with van der Waals surface area (Å²) < 4.78 is 17.5. The normalized spacial score (nSPS) is 16.6. The van der Waals surface area contributed by atoms with Crippen molar-refractivity contribution in [1.29, 1.82) is 0 Å². The van der Waals surface area contributed by atoms with E-state index in [1.807, 2.05) is 16.8 Å². The first-order valence-corrected chi connectivity index (χ1v) is 25.1. The molecule has 0 spiro atoms. The molecule has 0 saturated heterocycles. The van der Waals surface area contributed by atoms with Gasteiger partial charge in [-0.1, -0.05) is 0 Å². The SMILES string of the molecule is C[SiH](C)[Zr]([CH3])(=[O])(=[SiH2])([CH2]CO)[C]1=CC=CC1.Cl.Cl. The second-order valence-corrected chi connectivity index (χ2v) is 64.5. The molecule has 1 aliphatic rings. The van der Waals surface area contributed by atoms with Gasteiger partial charge in [-0.3, -0.25) is 0 Å². The Bertz CT molecular complexity index is 498. The number of hydrogen-bond acceptors (Lipinski definition) is 2. The van der Waals surface area contributed by atoms with Gasteiger partial charge in [0.05, 0.1) is 0 Å². The van der Waals surface area contributed by atoms with Crippen LogP contribution in [-0.2, 0) is 17.9 Å². The molecule has 1 rings (SSSR count). The number of aliphatic hydroxyl groups is 1. The zero-order valence-corrected chi connectivity index (χ0v) is 17.5. The molecule has 0 atom stereocenters. The third kappa shape index (κ3) is 3.37. The fourth-order valence-electron chi connectivity index (χ4n) is 2.25. The molecule has 0 saturated carbocycles. The van der Waals surface area contributed by atoms with E-state index in [1.165, 1.54) is 0 Å². The smallest absolute Gasteiger partial charge is 0.147 e. The second kappa shape index (κ2) is 5.64. The van der Waals surface area contributed by atoms with E-state index in [2.05, 4.69) is 19.2 Å². The summed E-state index contributed by atoms with van der Waals surface area (Å²) in [6.45, 7) is 6.16. The van der Waals surface area contributed by atoms with Crippen molar-refractivity contribution in [2.24, 2.45) is 0 Å². The van der Waals surface area contributed by atoms with Gasteiger partial charge in [0, 0.05) is 0 Å². The van der Waals surface area contributed by atoms with E-state index in [9.17, 15) is 7.92 Å². The molecule has 0 fully saturated rings. The van der Waals surface area contributed by atoms with Crippen LogP contribution in [0.4, 0.5) is 0 Å². The molecule has 0 heterocycles. The van der Waals surface area contributed by atoms with E-state index in [1.54, 1.807) is 6.88 Å². The Morgan fingerprint density at radius 3 is 2.29 bits per heavy atom. The molecular formula is C10H24Cl2O2Si2Zr. The molecule has 0 bridgehead atoms. The van der Waals surface area contributed by atoms with Gasteiger partial charge in [-0.25, -0.2) is 0 Å². The number of halogens is 2. The van der Waals surface area contributed by atoms with Crippen molar-refractivity contribution in [2.75, 3.05) is 6.61 Å². The average Bonchev–Trinajstić information content (AvgIpc) is 2.55. The summed E-state index contributed by atoms with van der Waals surface area (Å²) in [5.41, 5.74) is 0. The number of hydrogen-bond donors (Lipinski definition) is 1. The zero-order valence-electron chi connectivity index (χ0n) is 10.8. The molecule has 2 nitrogen and oxygen atoms in total. The number of allylic oxidation sites excluding steroid dienone is 4. The standard InChI is InChI=1S/C5H5.C2H5O.C2H7Si.CH3.2ClH.O.H2Si.Zr/c1-2-4-5-3-1;1-2-3;1-3-2;;;;;;/h1-3H,4H2;3H,1-2H2;3H,1-2H3;1H3;2*1H;;1H2;. The maximum Gasteiger partial charge on any atom is -0.147 e. The van der Waals surface area contributed by atoms with E-state index in [0.717, 1.165) is 9.70 Å². The Labute approximate surface area is 116 Å². The van der Waals surface area contributed by atoms with Crippen LogP contribution in [0, 0.1) is 0 Å². The van der Waals surface area contributed by atoms with Crippen molar-refractivity contribution in [3.8, 4) is 0 Å². The first kappa shape index (κ1) is 20.5. The van der Waals surface area contributed by atoms with Crippen LogP contribution in [0.25, 0.3) is 0 Å². The molecule has 1 aliphatic carbocycles. The van der Waals surface area contributed by atoms with E-state index < -0.39 is 21.0 Å². The third-order valence-corrected chi connectivity index (χ3v) is 70.7. The zero-order chi connectivity index (χ0) is 11.8. The summed E-state index contributed by atoms with van der Waals surface area (Å²) in [6, 6.07) is 0. The van der Waals surface area contributed by atoms with Gasteiger partial charge >= 0.3 is 92.2 Å². The third-order valence-electron chi connectivity index (χ3n) is 4.69. The van der Waals surface area contributed by atoms with Crippen LogP contribution >= 0.6 is 24.8 Å². The Balaban J connectivity index is 0. The van der Waals surface area contributed by atoms with Crippen LogP contribution in [-0.4, -0.2) is 24.5 Å². The first-order valence-electron chi connectivity index (χ1n) is 5.64. The minimum absolute atomic E-state index is 0. The molecule has 102 valence electrons.